The van der Waals surface area contributed by atoms with E-state index in [1.54, 1.807) is 18.7 Å². The number of rotatable bonds is 3. The van der Waals surface area contributed by atoms with Crippen LogP contribution >= 0.6 is 0 Å². The SMILES string of the molecule is c1ccc(-c2nnc(-c3ccc(-n4ccnc4)nc3)o2)cc1. The third kappa shape index (κ3) is 2.26. The zero-order chi connectivity index (χ0) is 14.8. The smallest absolute Gasteiger partial charge is 0.249 e. The zero-order valence-corrected chi connectivity index (χ0v) is 11.5. The Hall–Kier alpha value is -3.28. The molecule has 0 radical (unpaired) electrons. The van der Waals surface area contributed by atoms with Crippen molar-refractivity contribution in [1.29, 1.82) is 0 Å². The lowest BCUT2D eigenvalue weighted by Crippen LogP contribution is -1.93. The van der Waals surface area contributed by atoms with Gasteiger partial charge in [0.2, 0.25) is 11.8 Å². The summed E-state index contributed by atoms with van der Waals surface area (Å²) in [5, 5.41) is 8.15. The lowest BCUT2D eigenvalue weighted by atomic mass is 10.2. The predicted octanol–water partition coefficient (Wildman–Crippen LogP) is 2.98. The zero-order valence-electron chi connectivity index (χ0n) is 11.5. The van der Waals surface area contributed by atoms with Gasteiger partial charge in [0.05, 0.1) is 5.56 Å². The van der Waals surface area contributed by atoms with Crippen molar-refractivity contribution < 1.29 is 4.42 Å². The summed E-state index contributed by atoms with van der Waals surface area (Å²) < 4.78 is 7.53. The molecule has 0 aliphatic rings. The fourth-order valence-corrected chi connectivity index (χ4v) is 2.10. The first kappa shape index (κ1) is 12.5. The quantitative estimate of drug-likeness (QED) is 0.580. The number of hydrogen-bond acceptors (Lipinski definition) is 5. The average molecular weight is 289 g/mol. The standard InChI is InChI=1S/C16H11N5O/c1-2-4-12(5-3-1)15-19-20-16(22-15)13-6-7-14(18-10-13)21-9-8-17-11-21/h1-11H. The van der Waals surface area contributed by atoms with E-state index in [2.05, 4.69) is 20.2 Å². The van der Waals surface area contributed by atoms with Crippen LogP contribution in [0.3, 0.4) is 0 Å². The Balaban J connectivity index is 1.64. The van der Waals surface area contributed by atoms with Gasteiger partial charge >= 0.3 is 0 Å². The van der Waals surface area contributed by atoms with Crippen LogP contribution in [0.4, 0.5) is 0 Å². The van der Waals surface area contributed by atoms with E-state index in [0.29, 0.717) is 11.8 Å². The molecule has 0 saturated carbocycles. The Kier molecular flexibility index (Phi) is 2.97. The van der Waals surface area contributed by atoms with E-state index < -0.39 is 0 Å². The molecular formula is C16H11N5O. The van der Waals surface area contributed by atoms with Gasteiger partial charge in [0.15, 0.2) is 0 Å². The van der Waals surface area contributed by atoms with E-state index in [1.807, 2.05) is 53.2 Å². The van der Waals surface area contributed by atoms with Gasteiger partial charge in [-0.3, -0.25) is 4.57 Å². The molecule has 0 fully saturated rings. The van der Waals surface area contributed by atoms with Gasteiger partial charge in [0, 0.05) is 24.2 Å². The van der Waals surface area contributed by atoms with Crippen LogP contribution in [-0.4, -0.2) is 24.7 Å². The molecule has 4 aromatic rings. The van der Waals surface area contributed by atoms with Crippen LogP contribution in [0, 0.1) is 0 Å². The normalized spacial score (nSPS) is 10.7. The summed E-state index contributed by atoms with van der Waals surface area (Å²) >= 11 is 0. The van der Waals surface area contributed by atoms with Crippen LogP contribution < -0.4 is 0 Å². The highest BCUT2D eigenvalue weighted by molar-refractivity contribution is 5.57. The molecular weight excluding hydrogens is 278 g/mol. The molecule has 0 atom stereocenters. The molecule has 106 valence electrons. The summed E-state index contributed by atoms with van der Waals surface area (Å²) in [5.74, 6) is 1.72. The molecule has 3 heterocycles. The van der Waals surface area contributed by atoms with Gasteiger partial charge < -0.3 is 4.42 Å². The van der Waals surface area contributed by atoms with Crippen molar-refractivity contribution in [3.05, 3.63) is 67.4 Å². The lowest BCUT2D eigenvalue weighted by Gasteiger charge is -2.00. The van der Waals surface area contributed by atoms with Gasteiger partial charge in [-0.2, -0.15) is 0 Å². The molecule has 4 rings (SSSR count). The molecule has 0 aliphatic heterocycles. The number of hydrogen-bond donors (Lipinski definition) is 0. The molecule has 0 saturated heterocycles. The molecule has 22 heavy (non-hydrogen) atoms. The Morgan fingerprint density at radius 1 is 0.864 bits per heavy atom. The van der Waals surface area contributed by atoms with E-state index in [-0.39, 0.29) is 0 Å². The summed E-state index contributed by atoms with van der Waals surface area (Å²) in [7, 11) is 0. The first-order valence-corrected chi connectivity index (χ1v) is 6.74. The van der Waals surface area contributed by atoms with E-state index >= 15 is 0 Å². The lowest BCUT2D eigenvalue weighted by molar-refractivity contribution is 0.584. The highest BCUT2D eigenvalue weighted by atomic mass is 16.4. The summed E-state index contributed by atoms with van der Waals surface area (Å²) in [6.07, 6.45) is 6.95. The largest absolute Gasteiger partial charge is 0.416 e. The second kappa shape index (κ2) is 5.25. The van der Waals surface area contributed by atoms with Crippen molar-refractivity contribution in [2.24, 2.45) is 0 Å². The molecule has 0 spiro atoms. The number of benzene rings is 1. The minimum atomic E-state index is 0.448. The summed E-state index contributed by atoms with van der Waals surface area (Å²) in [6.45, 7) is 0. The fraction of sp³-hybridized carbons (Fsp3) is 0. The first-order valence-electron chi connectivity index (χ1n) is 6.74. The maximum atomic E-state index is 5.70. The van der Waals surface area contributed by atoms with Crippen molar-refractivity contribution in [2.45, 2.75) is 0 Å². The number of nitrogens with zero attached hydrogens (tertiary/aromatic N) is 5. The van der Waals surface area contributed by atoms with E-state index in [1.165, 1.54) is 0 Å². The molecule has 0 unspecified atom stereocenters. The van der Waals surface area contributed by atoms with Crippen LogP contribution in [0.15, 0.2) is 71.8 Å². The maximum absolute atomic E-state index is 5.70. The Morgan fingerprint density at radius 3 is 2.36 bits per heavy atom. The Morgan fingerprint density at radius 2 is 1.68 bits per heavy atom. The molecule has 6 heteroatoms. The maximum Gasteiger partial charge on any atom is 0.249 e. The molecule has 0 amide bonds. The minimum Gasteiger partial charge on any atom is -0.416 e. The van der Waals surface area contributed by atoms with Gasteiger partial charge in [0.1, 0.15) is 12.1 Å². The third-order valence-corrected chi connectivity index (χ3v) is 3.21. The van der Waals surface area contributed by atoms with Crippen molar-refractivity contribution in [2.75, 3.05) is 0 Å². The summed E-state index contributed by atoms with van der Waals surface area (Å²) in [4.78, 5) is 8.37. The first-order chi connectivity index (χ1) is 10.9. The highest BCUT2D eigenvalue weighted by Crippen LogP contribution is 2.23. The minimum absolute atomic E-state index is 0.448. The molecule has 6 nitrogen and oxygen atoms in total. The van der Waals surface area contributed by atoms with Crippen molar-refractivity contribution >= 4 is 0 Å². The number of imidazole rings is 1. The number of pyridine rings is 1. The van der Waals surface area contributed by atoms with Gasteiger partial charge in [-0.05, 0) is 24.3 Å². The van der Waals surface area contributed by atoms with Crippen molar-refractivity contribution in [3.63, 3.8) is 0 Å². The third-order valence-electron chi connectivity index (χ3n) is 3.21. The van der Waals surface area contributed by atoms with Crippen molar-refractivity contribution in [1.82, 2.24) is 24.7 Å². The van der Waals surface area contributed by atoms with Gasteiger partial charge in [-0.1, -0.05) is 18.2 Å². The topological polar surface area (TPSA) is 69.6 Å². The van der Waals surface area contributed by atoms with Crippen molar-refractivity contribution in [3.8, 4) is 28.7 Å². The van der Waals surface area contributed by atoms with E-state index in [9.17, 15) is 0 Å². The van der Waals surface area contributed by atoms with Gasteiger partial charge in [0.25, 0.3) is 0 Å². The predicted molar refractivity (Wildman–Crippen MR) is 80.1 cm³/mol. The molecule has 0 N–H and O–H groups in total. The Bertz CT molecular complexity index is 867. The average Bonchev–Trinajstić information content (AvgIpc) is 3.28. The van der Waals surface area contributed by atoms with Crippen LogP contribution in [-0.2, 0) is 0 Å². The molecule has 1 aromatic carbocycles. The van der Waals surface area contributed by atoms with E-state index in [0.717, 1.165) is 16.9 Å². The van der Waals surface area contributed by atoms with Crippen LogP contribution in [0.25, 0.3) is 28.7 Å². The monoisotopic (exact) mass is 289 g/mol. The molecule has 3 aromatic heterocycles. The summed E-state index contributed by atoms with van der Waals surface area (Å²) in [5.41, 5.74) is 1.67. The second-order valence-corrected chi connectivity index (χ2v) is 4.65. The summed E-state index contributed by atoms with van der Waals surface area (Å²) in [6, 6.07) is 13.4. The Labute approximate surface area is 126 Å². The van der Waals surface area contributed by atoms with E-state index in [4.69, 9.17) is 4.42 Å². The van der Waals surface area contributed by atoms with Crippen LogP contribution in [0.1, 0.15) is 0 Å². The molecule has 0 bridgehead atoms. The van der Waals surface area contributed by atoms with Gasteiger partial charge in [-0.15, -0.1) is 10.2 Å². The van der Waals surface area contributed by atoms with Crippen LogP contribution in [0.5, 0.6) is 0 Å². The van der Waals surface area contributed by atoms with Crippen LogP contribution in [0.2, 0.25) is 0 Å². The fourth-order valence-electron chi connectivity index (χ4n) is 2.10. The second-order valence-electron chi connectivity index (χ2n) is 4.65. The number of aromatic nitrogens is 5. The highest BCUT2D eigenvalue weighted by Gasteiger charge is 2.10. The van der Waals surface area contributed by atoms with Gasteiger partial charge in [-0.25, -0.2) is 9.97 Å². The molecule has 0 aliphatic carbocycles.